The van der Waals surface area contributed by atoms with Crippen LogP contribution in [-0.2, 0) is 0 Å². The lowest BCUT2D eigenvalue weighted by Gasteiger charge is -2.33. The van der Waals surface area contributed by atoms with Gasteiger partial charge in [-0.25, -0.2) is 13.8 Å². The van der Waals surface area contributed by atoms with Crippen LogP contribution in [0.15, 0.2) is 53.0 Å². The van der Waals surface area contributed by atoms with Gasteiger partial charge >= 0.3 is 0 Å². The number of aromatic nitrogens is 2. The Balaban J connectivity index is 0.000000455. The van der Waals surface area contributed by atoms with E-state index in [4.69, 9.17) is 17.0 Å². The largest absolute Gasteiger partial charge is 0.389 e. The Labute approximate surface area is 237 Å². The van der Waals surface area contributed by atoms with Crippen molar-refractivity contribution < 1.29 is 8.78 Å². The van der Waals surface area contributed by atoms with Crippen molar-refractivity contribution >= 4 is 30.1 Å². The lowest BCUT2D eigenvalue weighted by molar-refractivity contribution is -0.0496. The zero-order valence-corrected chi connectivity index (χ0v) is 24.3. The summed E-state index contributed by atoms with van der Waals surface area (Å²) in [7, 11) is 1.83. The number of H-pyrrole nitrogens is 1. The maximum atomic E-state index is 13.5. The molecule has 216 valence electrons. The van der Waals surface area contributed by atoms with Crippen LogP contribution in [0.3, 0.4) is 0 Å². The van der Waals surface area contributed by atoms with E-state index < -0.39 is 5.92 Å². The highest BCUT2D eigenvalue weighted by atomic mass is 35.5. The van der Waals surface area contributed by atoms with Crippen LogP contribution < -0.4 is 10.6 Å². The van der Waals surface area contributed by atoms with Gasteiger partial charge in [-0.15, -0.1) is 0 Å². The van der Waals surface area contributed by atoms with Crippen molar-refractivity contribution in [3.05, 3.63) is 59.5 Å². The van der Waals surface area contributed by atoms with Crippen LogP contribution in [-0.4, -0.2) is 53.5 Å². The molecule has 3 rings (SSSR count). The number of piperidine rings is 1. The molecule has 10 heteroatoms. The monoisotopic (exact) mass is 563 g/mol. The molecule has 0 aromatic carbocycles. The number of nitrogens with zero attached hydrogens (tertiary/aromatic N) is 3. The number of halogens is 3. The number of allylic oxidation sites excluding steroid dienone is 4. The molecule has 1 aromatic rings. The van der Waals surface area contributed by atoms with Gasteiger partial charge in [-0.05, 0) is 65.0 Å². The lowest BCUT2D eigenvalue weighted by atomic mass is 9.81. The SMILES string of the molecule is C=C/C(=C/C)N(CC)N=C.C=C1NCCCC1CC(=N)/C(Cl)=C\c1ncc(C(NC)C2CCC(F)(F)CC2)[nH]1. The van der Waals surface area contributed by atoms with Crippen LogP contribution >= 0.6 is 11.6 Å². The Bertz CT molecular complexity index is 1040. The molecular weight excluding hydrogens is 520 g/mol. The Morgan fingerprint density at radius 2 is 2.08 bits per heavy atom. The average molecular weight is 564 g/mol. The Morgan fingerprint density at radius 1 is 1.38 bits per heavy atom. The van der Waals surface area contributed by atoms with Gasteiger partial charge in [0, 0.05) is 50.3 Å². The fraction of sp³-hybridized carbons (Fsp3) is 0.552. The topological polar surface area (TPSA) is 92.2 Å². The van der Waals surface area contributed by atoms with Gasteiger partial charge in [-0.1, -0.05) is 30.8 Å². The summed E-state index contributed by atoms with van der Waals surface area (Å²) in [5.41, 5.74) is 3.19. The maximum absolute atomic E-state index is 13.5. The number of aromatic amines is 1. The van der Waals surface area contributed by atoms with Crippen LogP contribution in [0, 0.1) is 17.2 Å². The van der Waals surface area contributed by atoms with Gasteiger partial charge < -0.3 is 21.0 Å². The Hall–Kier alpha value is -2.78. The first-order valence-corrected chi connectivity index (χ1v) is 14.0. The minimum absolute atomic E-state index is 0.0596. The number of hydrogen-bond acceptors (Lipinski definition) is 6. The fourth-order valence-electron chi connectivity index (χ4n) is 5.05. The number of rotatable bonds is 11. The molecule has 2 unspecified atom stereocenters. The predicted molar refractivity (Wildman–Crippen MR) is 159 cm³/mol. The fourth-order valence-corrected chi connectivity index (χ4v) is 5.23. The first-order valence-electron chi connectivity index (χ1n) is 13.6. The van der Waals surface area contributed by atoms with Gasteiger partial charge in [0.1, 0.15) is 5.82 Å². The molecule has 4 N–H and O–H groups in total. The molecule has 2 fully saturated rings. The molecule has 1 aliphatic heterocycles. The number of hydrogen-bond donors (Lipinski definition) is 4. The van der Waals surface area contributed by atoms with Crippen molar-refractivity contribution in [2.45, 2.75) is 70.8 Å². The minimum Gasteiger partial charge on any atom is -0.389 e. The summed E-state index contributed by atoms with van der Waals surface area (Å²) < 4.78 is 26.9. The van der Waals surface area contributed by atoms with Gasteiger partial charge in [0.2, 0.25) is 5.92 Å². The van der Waals surface area contributed by atoms with Crippen molar-refractivity contribution in [3.8, 4) is 0 Å². The van der Waals surface area contributed by atoms with Crippen LogP contribution in [0.2, 0.25) is 0 Å². The second-order valence-electron chi connectivity index (χ2n) is 9.92. The summed E-state index contributed by atoms with van der Waals surface area (Å²) in [6.07, 6.45) is 10.5. The van der Waals surface area contributed by atoms with E-state index in [-0.39, 0.29) is 30.7 Å². The molecule has 1 saturated heterocycles. The molecule has 0 spiro atoms. The Kier molecular flexibility index (Phi) is 13.1. The maximum Gasteiger partial charge on any atom is 0.248 e. The molecular formula is C29H44ClF2N7. The predicted octanol–water partition coefficient (Wildman–Crippen LogP) is 7.01. The van der Waals surface area contributed by atoms with Crippen LogP contribution in [0.1, 0.15) is 76.4 Å². The van der Waals surface area contributed by atoms with Gasteiger partial charge in [0.25, 0.3) is 0 Å². The van der Waals surface area contributed by atoms with Gasteiger partial charge in [0.15, 0.2) is 0 Å². The molecule has 2 heterocycles. The molecule has 2 aliphatic rings. The quantitative estimate of drug-likeness (QED) is 0.132. The highest BCUT2D eigenvalue weighted by Gasteiger charge is 2.38. The second kappa shape index (κ2) is 15.7. The third kappa shape index (κ3) is 9.72. The van der Waals surface area contributed by atoms with E-state index in [1.807, 2.05) is 27.0 Å². The first-order chi connectivity index (χ1) is 18.6. The van der Waals surface area contributed by atoms with Crippen LogP contribution in [0.4, 0.5) is 8.78 Å². The highest BCUT2D eigenvalue weighted by molar-refractivity contribution is 6.45. The molecule has 2 atom stereocenters. The van der Waals surface area contributed by atoms with Crippen molar-refractivity contribution in [1.82, 2.24) is 25.6 Å². The molecule has 1 aliphatic carbocycles. The molecule has 7 nitrogen and oxygen atoms in total. The van der Waals surface area contributed by atoms with Crippen molar-refractivity contribution in [3.63, 3.8) is 0 Å². The highest BCUT2D eigenvalue weighted by Crippen LogP contribution is 2.41. The van der Waals surface area contributed by atoms with E-state index in [2.05, 4.69) is 45.6 Å². The minimum atomic E-state index is -2.54. The number of imidazole rings is 1. The van der Waals surface area contributed by atoms with Crippen molar-refractivity contribution in [2.24, 2.45) is 16.9 Å². The number of alkyl halides is 2. The molecule has 0 amide bonds. The van der Waals surface area contributed by atoms with Crippen LogP contribution in [0.5, 0.6) is 0 Å². The van der Waals surface area contributed by atoms with E-state index in [0.717, 1.165) is 43.0 Å². The van der Waals surface area contributed by atoms with Gasteiger partial charge in [-0.2, -0.15) is 5.10 Å². The molecule has 1 saturated carbocycles. The zero-order chi connectivity index (χ0) is 29.0. The van der Waals surface area contributed by atoms with E-state index in [1.54, 1.807) is 23.4 Å². The van der Waals surface area contributed by atoms with E-state index in [1.165, 1.54) is 0 Å². The number of hydrazone groups is 1. The Morgan fingerprint density at radius 3 is 2.59 bits per heavy atom. The number of nitrogens with one attached hydrogen (secondary N) is 4. The molecule has 1 aromatic heterocycles. The lowest BCUT2D eigenvalue weighted by Crippen LogP contribution is -2.32. The molecule has 39 heavy (non-hydrogen) atoms. The van der Waals surface area contributed by atoms with E-state index in [0.29, 0.717) is 35.8 Å². The third-order valence-electron chi connectivity index (χ3n) is 7.34. The van der Waals surface area contributed by atoms with Gasteiger partial charge in [-0.3, -0.25) is 5.01 Å². The smallest absolute Gasteiger partial charge is 0.248 e. The standard InChI is InChI=1S/C21H30ClF2N5.C8H14N2/c1-13-15(4-3-9-27-13)10-17(25)16(22)11-19-28-12-18(29-19)20(26-2)14-5-7-21(23,24)8-6-14;1-5-8(6-2)10(7-3)9-4/h11-12,14-15,20,25-27H,1,3-10H2,2H3,(H,28,29);5-6H,1,4,7H2,2-3H3/b16-11+,25-17?;8-6-. The van der Waals surface area contributed by atoms with Crippen LogP contribution in [0.25, 0.3) is 6.08 Å². The second-order valence-corrected chi connectivity index (χ2v) is 10.3. The summed E-state index contributed by atoms with van der Waals surface area (Å²) >= 11 is 6.36. The summed E-state index contributed by atoms with van der Waals surface area (Å²) in [4.78, 5) is 7.59. The molecule has 0 radical (unpaired) electrons. The zero-order valence-electron chi connectivity index (χ0n) is 23.5. The van der Waals surface area contributed by atoms with E-state index in [9.17, 15) is 8.78 Å². The summed E-state index contributed by atoms with van der Waals surface area (Å²) in [6, 6.07) is -0.0596. The molecule has 0 bridgehead atoms. The summed E-state index contributed by atoms with van der Waals surface area (Å²) in [5, 5.41) is 20.7. The summed E-state index contributed by atoms with van der Waals surface area (Å²) in [6.45, 7) is 16.9. The van der Waals surface area contributed by atoms with Crippen molar-refractivity contribution in [2.75, 3.05) is 20.1 Å². The first kappa shape index (κ1) is 32.4. The van der Waals surface area contributed by atoms with E-state index >= 15 is 0 Å². The van der Waals surface area contributed by atoms with Gasteiger partial charge in [0.05, 0.1) is 34.4 Å². The van der Waals surface area contributed by atoms with Crippen molar-refractivity contribution in [1.29, 1.82) is 5.41 Å². The number of likely N-dealkylation sites (N-methyl/N-ethyl adjacent to an activating group) is 1. The summed E-state index contributed by atoms with van der Waals surface area (Å²) in [5.74, 6) is -1.61. The normalized spacial score (nSPS) is 20.8. The average Bonchev–Trinajstić information content (AvgIpc) is 3.38. The third-order valence-corrected chi connectivity index (χ3v) is 7.68.